The van der Waals surface area contributed by atoms with E-state index < -0.39 is 0 Å². The van der Waals surface area contributed by atoms with Crippen LogP contribution in [0.4, 0.5) is 5.69 Å². The highest BCUT2D eigenvalue weighted by molar-refractivity contribution is 5.33. The van der Waals surface area contributed by atoms with Crippen LogP contribution in [-0.2, 0) is 6.54 Å². The minimum Gasteiger partial charge on any atom is -0.394 e. The van der Waals surface area contributed by atoms with E-state index in [4.69, 9.17) is 5.73 Å². The van der Waals surface area contributed by atoms with Gasteiger partial charge in [0.25, 0.3) is 0 Å². The first kappa shape index (κ1) is 13.0. The minimum absolute atomic E-state index is 0.131. The molecule has 0 spiro atoms. The van der Waals surface area contributed by atoms with Gasteiger partial charge in [-0.2, -0.15) is 5.10 Å². The van der Waals surface area contributed by atoms with Gasteiger partial charge in [-0.3, -0.25) is 9.48 Å². The zero-order valence-electron chi connectivity index (χ0n) is 11.5. The second kappa shape index (κ2) is 5.53. The molecule has 0 saturated heterocycles. The van der Waals surface area contributed by atoms with Crippen molar-refractivity contribution in [2.45, 2.75) is 44.7 Å². The van der Waals surface area contributed by atoms with Gasteiger partial charge >= 0.3 is 0 Å². The molecule has 0 unspecified atom stereocenters. The predicted molar refractivity (Wildman–Crippen MR) is 78.6 cm³/mol. The number of hydrogen-bond acceptors (Lipinski definition) is 3. The molecule has 2 N–H and O–H groups in total. The van der Waals surface area contributed by atoms with Crippen LogP contribution in [-0.4, -0.2) is 14.3 Å². The Balaban J connectivity index is 1.73. The van der Waals surface area contributed by atoms with Crippen molar-refractivity contribution in [3.63, 3.8) is 0 Å². The van der Waals surface area contributed by atoms with Gasteiger partial charge in [-0.15, -0.1) is 0 Å². The third-order valence-corrected chi connectivity index (χ3v) is 3.96. The SMILES string of the molecule is Nc1cn(Cc2ccn(C3CCCCC3)n2)ccc1=O. The molecule has 5 nitrogen and oxygen atoms in total. The van der Waals surface area contributed by atoms with E-state index in [1.165, 1.54) is 38.2 Å². The molecule has 0 radical (unpaired) electrons. The lowest BCUT2D eigenvalue weighted by Gasteiger charge is -2.21. The lowest BCUT2D eigenvalue weighted by atomic mass is 9.96. The van der Waals surface area contributed by atoms with Crippen LogP contribution >= 0.6 is 0 Å². The number of hydrogen-bond donors (Lipinski definition) is 1. The predicted octanol–water partition coefficient (Wildman–Crippen LogP) is 2.18. The second-order valence-corrected chi connectivity index (χ2v) is 5.52. The van der Waals surface area contributed by atoms with E-state index in [-0.39, 0.29) is 11.1 Å². The van der Waals surface area contributed by atoms with Crippen LogP contribution in [0.2, 0.25) is 0 Å². The molecule has 20 heavy (non-hydrogen) atoms. The van der Waals surface area contributed by atoms with Crippen molar-refractivity contribution in [3.8, 4) is 0 Å². The molecule has 2 heterocycles. The van der Waals surface area contributed by atoms with Gasteiger partial charge < -0.3 is 10.3 Å². The number of pyridine rings is 1. The normalized spacial score (nSPS) is 16.4. The molecule has 1 aliphatic carbocycles. The summed E-state index contributed by atoms with van der Waals surface area (Å²) in [5.41, 5.74) is 6.78. The van der Waals surface area contributed by atoms with Crippen molar-refractivity contribution in [2.24, 2.45) is 0 Å². The average molecular weight is 272 g/mol. The fourth-order valence-electron chi connectivity index (χ4n) is 2.84. The smallest absolute Gasteiger partial charge is 0.204 e. The standard InChI is InChI=1S/C15H20N4O/c16-14-11-18(8-7-15(14)20)10-12-6-9-19(17-12)13-4-2-1-3-5-13/h6-9,11,13H,1-5,10,16H2. The van der Waals surface area contributed by atoms with Crippen LogP contribution in [0.25, 0.3) is 0 Å². The molecule has 2 aromatic heterocycles. The first-order valence-corrected chi connectivity index (χ1v) is 7.22. The summed E-state index contributed by atoms with van der Waals surface area (Å²) in [6.07, 6.45) is 11.9. The van der Waals surface area contributed by atoms with Crippen LogP contribution < -0.4 is 11.2 Å². The van der Waals surface area contributed by atoms with Gasteiger partial charge in [0.2, 0.25) is 5.43 Å². The fraction of sp³-hybridized carbons (Fsp3) is 0.467. The van der Waals surface area contributed by atoms with E-state index in [9.17, 15) is 4.79 Å². The number of anilines is 1. The minimum atomic E-state index is -0.131. The molecule has 0 atom stereocenters. The number of aromatic nitrogens is 3. The summed E-state index contributed by atoms with van der Waals surface area (Å²) in [5.74, 6) is 0. The van der Waals surface area contributed by atoms with Crippen LogP contribution in [0.1, 0.15) is 43.8 Å². The van der Waals surface area contributed by atoms with Gasteiger partial charge in [-0.05, 0) is 18.9 Å². The van der Waals surface area contributed by atoms with Crippen molar-refractivity contribution in [1.29, 1.82) is 0 Å². The molecule has 3 rings (SSSR count). The van der Waals surface area contributed by atoms with Gasteiger partial charge in [0.15, 0.2) is 0 Å². The van der Waals surface area contributed by atoms with E-state index in [2.05, 4.69) is 16.0 Å². The molecule has 0 aliphatic heterocycles. The molecule has 0 amide bonds. The largest absolute Gasteiger partial charge is 0.394 e. The zero-order valence-corrected chi connectivity index (χ0v) is 11.5. The van der Waals surface area contributed by atoms with Crippen molar-refractivity contribution >= 4 is 5.69 Å². The first-order chi connectivity index (χ1) is 9.72. The van der Waals surface area contributed by atoms with E-state index in [1.54, 1.807) is 12.4 Å². The van der Waals surface area contributed by atoms with Crippen LogP contribution in [0.3, 0.4) is 0 Å². The molecule has 0 aromatic carbocycles. The maximum Gasteiger partial charge on any atom is 0.204 e. The lowest BCUT2D eigenvalue weighted by Crippen LogP contribution is -2.14. The summed E-state index contributed by atoms with van der Waals surface area (Å²) < 4.78 is 3.99. The van der Waals surface area contributed by atoms with Gasteiger partial charge in [-0.25, -0.2) is 0 Å². The molecule has 2 aromatic rings. The summed E-state index contributed by atoms with van der Waals surface area (Å²) >= 11 is 0. The number of rotatable bonds is 3. The molecule has 1 fully saturated rings. The van der Waals surface area contributed by atoms with Crippen LogP contribution in [0.5, 0.6) is 0 Å². The van der Waals surface area contributed by atoms with Crippen molar-refractivity contribution in [3.05, 3.63) is 46.6 Å². The number of nitrogens with two attached hydrogens (primary N) is 1. The van der Waals surface area contributed by atoms with Gasteiger partial charge in [0.05, 0.1) is 24.0 Å². The quantitative estimate of drug-likeness (QED) is 0.931. The van der Waals surface area contributed by atoms with Crippen LogP contribution in [0, 0.1) is 0 Å². The highest BCUT2D eigenvalue weighted by Gasteiger charge is 2.15. The Morgan fingerprint density at radius 3 is 2.75 bits per heavy atom. The zero-order chi connectivity index (χ0) is 13.9. The molecular weight excluding hydrogens is 252 g/mol. The monoisotopic (exact) mass is 272 g/mol. The van der Waals surface area contributed by atoms with Crippen molar-refractivity contribution in [2.75, 3.05) is 5.73 Å². The fourth-order valence-corrected chi connectivity index (χ4v) is 2.84. The Kier molecular flexibility index (Phi) is 3.58. The van der Waals surface area contributed by atoms with Crippen LogP contribution in [0.15, 0.2) is 35.5 Å². The average Bonchev–Trinajstić information content (AvgIpc) is 2.92. The molecule has 1 aliphatic rings. The highest BCUT2D eigenvalue weighted by atomic mass is 16.1. The third kappa shape index (κ3) is 2.76. The van der Waals surface area contributed by atoms with Crippen molar-refractivity contribution in [1.82, 2.24) is 14.3 Å². The highest BCUT2D eigenvalue weighted by Crippen LogP contribution is 2.27. The second-order valence-electron chi connectivity index (χ2n) is 5.52. The molecule has 0 bridgehead atoms. The Morgan fingerprint density at radius 2 is 2.00 bits per heavy atom. The Morgan fingerprint density at radius 1 is 1.20 bits per heavy atom. The summed E-state index contributed by atoms with van der Waals surface area (Å²) in [7, 11) is 0. The molecular formula is C15H20N4O. The maximum atomic E-state index is 11.3. The maximum absolute atomic E-state index is 11.3. The number of nitrogens with zero attached hydrogens (tertiary/aromatic N) is 3. The van der Waals surface area contributed by atoms with Gasteiger partial charge in [-0.1, -0.05) is 19.3 Å². The molecule has 106 valence electrons. The summed E-state index contributed by atoms with van der Waals surface area (Å²) in [6, 6.07) is 4.09. The summed E-state index contributed by atoms with van der Waals surface area (Å²) in [6.45, 7) is 0.643. The number of nitrogen functional groups attached to an aromatic ring is 1. The molecule has 1 saturated carbocycles. The van der Waals surface area contributed by atoms with E-state index in [0.29, 0.717) is 12.6 Å². The van der Waals surface area contributed by atoms with E-state index in [0.717, 1.165) is 5.69 Å². The first-order valence-electron chi connectivity index (χ1n) is 7.22. The van der Waals surface area contributed by atoms with E-state index in [1.807, 2.05) is 10.6 Å². The Labute approximate surface area is 118 Å². The summed E-state index contributed by atoms with van der Waals surface area (Å²) in [4.78, 5) is 11.3. The lowest BCUT2D eigenvalue weighted by molar-refractivity contribution is 0.328. The Hall–Kier alpha value is -2.04. The van der Waals surface area contributed by atoms with Crippen molar-refractivity contribution < 1.29 is 0 Å². The molecule has 5 heteroatoms. The summed E-state index contributed by atoms with van der Waals surface area (Å²) in [5, 5.41) is 4.66. The third-order valence-electron chi connectivity index (χ3n) is 3.96. The Bertz CT molecular complexity index is 637. The van der Waals surface area contributed by atoms with Gasteiger partial charge in [0, 0.05) is 24.7 Å². The van der Waals surface area contributed by atoms with Gasteiger partial charge in [0.1, 0.15) is 0 Å². The topological polar surface area (TPSA) is 65.8 Å². The van der Waals surface area contributed by atoms with E-state index >= 15 is 0 Å².